The summed E-state index contributed by atoms with van der Waals surface area (Å²) in [5.41, 5.74) is -5.74. The molecule has 2 atom stereocenters. The average Bonchev–Trinajstić information content (AvgIpc) is 2.71. The Labute approximate surface area is 185 Å². The van der Waals surface area contributed by atoms with Gasteiger partial charge < -0.3 is 20.5 Å². The third-order valence-corrected chi connectivity index (χ3v) is 6.12. The number of halogens is 4. The summed E-state index contributed by atoms with van der Waals surface area (Å²) in [4.78, 5) is 14.2. The van der Waals surface area contributed by atoms with Crippen molar-refractivity contribution < 1.29 is 27.8 Å². The molecule has 0 radical (unpaired) electrons. The second-order valence-electron chi connectivity index (χ2n) is 8.81. The molecule has 3 aromatic rings. The number of pyridine rings is 1. The first kappa shape index (κ1) is 22.6. The summed E-state index contributed by atoms with van der Waals surface area (Å²) >= 11 is 0. The fourth-order valence-electron chi connectivity index (χ4n) is 4.74. The predicted octanol–water partition coefficient (Wildman–Crippen LogP) is 4.37. The van der Waals surface area contributed by atoms with Gasteiger partial charge in [-0.1, -0.05) is 19.9 Å². The number of benzene rings is 2. The largest absolute Gasteiger partial charge is 0.505 e. The van der Waals surface area contributed by atoms with Gasteiger partial charge in [0, 0.05) is 22.7 Å². The van der Waals surface area contributed by atoms with Gasteiger partial charge in [-0.2, -0.15) is 18.4 Å². The van der Waals surface area contributed by atoms with Crippen molar-refractivity contribution in [2.45, 2.75) is 43.5 Å². The summed E-state index contributed by atoms with van der Waals surface area (Å²) in [5.74, 6) is -2.16. The number of nitriles is 1. The molecular formula is C23H19F4N3O3. The van der Waals surface area contributed by atoms with Crippen LogP contribution in [0.2, 0.25) is 0 Å². The van der Waals surface area contributed by atoms with Crippen LogP contribution in [-0.2, 0) is 5.41 Å². The van der Waals surface area contributed by atoms with Crippen LogP contribution in [0.1, 0.15) is 43.0 Å². The molecule has 0 saturated carbocycles. The van der Waals surface area contributed by atoms with E-state index >= 15 is 0 Å². The second-order valence-corrected chi connectivity index (χ2v) is 8.81. The van der Waals surface area contributed by atoms with Crippen LogP contribution in [0.4, 0.5) is 23.2 Å². The van der Waals surface area contributed by atoms with Gasteiger partial charge in [0.05, 0.1) is 17.1 Å². The van der Waals surface area contributed by atoms with Gasteiger partial charge in [0.15, 0.2) is 17.2 Å². The lowest BCUT2D eigenvalue weighted by Crippen LogP contribution is -2.58. The molecule has 172 valence electrons. The van der Waals surface area contributed by atoms with Crippen molar-refractivity contribution in [2.75, 3.05) is 5.32 Å². The van der Waals surface area contributed by atoms with Gasteiger partial charge in [-0.05, 0) is 41.7 Å². The second kappa shape index (κ2) is 7.22. The van der Waals surface area contributed by atoms with Crippen LogP contribution >= 0.6 is 0 Å². The number of aromatic amines is 1. The summed E-state index contributed by atoms with van der Waals surface area (Å²) < 4.78 is 57.5. The van der Waals surface area contributed by atoms with E-state index in [4.69, 9.17) is 0 Å². The molecule has 0 spiro atoms. The molecule has 1 aliphatic rings. The first-order valence-corrected chi connectivity index (χ1v) is 9.94. The van der Waals surface area contributed by atoms with E-state index in [0.717, 1.165) is 6.07 Å². The van der Waals surface area contributed by atoms with Crippen molar-refractivity contribution in [1.82, 2.24) is 4.98 Å². The summed E-state index contributed by atoms with van der Waals surface area (Å²) in [6.07, 6.45) is -6.00. The van der Waals surface area contributed by atoms with E-state index < -0.39 is 52.3 Å². The van der Waals surface area contributed by atoms with Gasteiger partial charge in [-0.25, -0.2) is 4.39 Å². The number of anilines is 1. The molecular weight excluding hydrogens is 442 g/mol. The highest BCUT2D eigenvalue weighted by atomic mass is 19.4. The summed E-state index contributed by atoms with van der Waals surface area (Å²) in [5, 5.41) is 33.9. The third-order valence-electron chi connectivity index (χ3n) is 6.12. The average molecular weight is 461 g/mol. The highest BCUT2D eigenvalue weighted by molar-refractivity contribution is 5.91. The summed E-state index contributed by atoms with van der Waals surface area (Å²) in [6, 6.07) is 7.71. The number of nitrogens with one attached hydrogen (secondary N) is 2. The van der Waals surface area contributed by atoms with Crippen molar-refractivity contribution in [1.29, 1.82) is 5.26 Å². The van der Waals surface area contributed by atoms with Crippen molar-refractivity contribution in [3.05, 3.63) is 69.3 Å². The number of alkyl halides is 3. The number of hydrogen-bond acceptors (Lipinski definition) is 5. The number of fused-ring (bicyclic) bond motifs is 2. The van der Waals surface area contributed by atoms with Crippen LogP contribution < -0.4 is 10.9 Å². The number of phenolic OH excluding ortho intramolecular Hbond substituents is 1. The van der Waals surface area contributed by atoms with Gasteiger partial charge >= 0.3 is 6.18 Å². The molecule has 1 heterocycles. The Morgan fingerprint density at radius 3 is 2.58 bits per heavy atom. The van der Waals surface area contributed by atoms with Gasteiger partial charge in [0.2, 0.25) is 5.56 Å². The SMILES string of the molecule is CC1(C)CC(O)(C(F)(F)F)C(Nc2cccc3[nH]c(=O)ccc23)c2cc(C#N)c(F)c(O)c21. The lowest BCUT2D eigenvalue weighted by molar-refractivity contribution is -0.276. The topological polar surface area (TPSA) is 109 Å². The van der Waals surface area contributed by atoms with Crippen LogP contribution in [-0.4, -0.2) is 27.0 Å². The molecule has 2 aromatic carbocycles. The Bertz CT molecular complexity index is 1370. The van der Waals surface area contributed by atoms with Crippen molar-refractivity contribution >= 4 is 16.6 Å². The zero-order chi connectivity index (χ0) is 24.3. The summed E-state index contributed by atoms with van der Waals surface area (Å²) in [7, 11) is 0. The fourth-order valence-corrected chi connectivity index (χ4v) is 4.74. The Kier molecular flexibility index (Phi) is 4.94. The van der Waals surface area contributed by atoms with Crippen LogP contribution in [0.5, 0.6) is 5.75 Å². The van der Waals surface area contributed by atoms with Crippen LogP contribution in [0, 0.1) is 17.1 Å². The Balaban J connectivity index is 2.02. The van der Waals surface area contributed by atoms with E-state index in [9.17, 15) is 37.8 Å². The van der Waals surface area contributed by atoms with Crippen LogP contribution in [0.3, 0.4) is 0 Å². The van der Waals surface area contributed by atoms with Crippen LogP contribution in [0.25, 0.3) is 10.9 Å². The highest BCUT2D eigenvalue weighted by Gasteiger charge is 2.64. The maximum absolute atomic E-state index is 14.5. The minimum atomic E-state index is -5.12. The third kappa shape index (κ3) is 3.40. The number of aliphatic hydroxyl groups is 1. The number of H-pyrrole nitrogens is 1. The van der Waals surface area contributed by atoms with Crippen molar-refractivity contribution in [3.8, 4) is 11.8 Å². The minimum Gasteiger partial charge on any atom is -0.505 e. The van der Waals surface area contributed by atoms with Crippen molar-refractivity contribution in [3.63, 3.8) is 0 Å². The smallest absolute Gasteiger partial charge is 0.419 e. The standard InChI is InChI=1S/C23H19F4N3O3/c1-21(2)10-22(33,23(25,26)27)20(13-8-11(9-28)18(24)19(32)17(13)21)30-15-5-3-4-14-12(15)6-7-16(31)29-14/h3-8,20,30,32-33H,10H2,1-2H3,(H,29,31). The Hall–Kier alpha value is -3.58. The number of phenols is 1. The van der Waals surface area contributed by atoms with E-state index in [1.807, 2.05) is 0 Å². The molecule has 0 bridgehead atoms. The molecule has 6 nitrogen and oxygen atoms in total. The van der Waals surface area contributed by atoms with Crippen LogP contribution in [0.15, 0.2) is 41.2 Å². The summed E-state index contributed by atoms with van der Waals surface area (Å²) in [6.45, 7) is 2.71. The zero-order valence-electron chi connectivity index (χ0n) is 17.5. The lowest BCUT2D eigenvalue weighted by atomic mass is 9.63. The molecule has 1 aliphatic carbocycles. The first-order chi connectivity index (χ1) is 15.3. The van der Waals surface area contributed by atoms with Gasteiger partial charge in [-0.15, -0.1) is 0 Å². The molecule has 4 N–H and O–H groups in total. The first-order valence-electron chi connectivity index (χ1n) is 9.94. The maximum Gasteiger partial charge on any atom is 0.419 e. The Morgan fingerprint density at radius 1 is 1.24 bits per heavy atom. The van der Waals surface area contributed by atoms with Gasteiger partial charge in [0.25, 0.3) is 0 Å². The molecule has 2 unspecified atom stereocenters. The Morgan fingerprint density at radius 2 is 1.94 bits per heavy atom. The van der Waals surface area contributed by atoms with Crippen molar-refractivity contribution in [2.24, 2.45) is 0 Å². The van der Waals surface area contributed by atoms with Gasteiger partial charge in [0.1, 0.15) is 6.07 Å². The molecule has 1 aromatic heterocycles. The minimum absolute atomic E-state index is 0.126. The number of aromatic hydroxyl groups is 1. The van der Waals surface area contributed by atoms with E-state index in [-0.39, 0.29) is 16.8 Å². The quantitative estimate of drug-likeness (QED) is 0.424. The number of hydrogen-bond donors (Lipinski definition) is 4. The maximum atomic E-state index is 14.5. The molecule has 10 heteroatoms. The van der Waals surface area contributed by atoms with E-state index in [2.05, 4.69) is 10.3 Å². The fraction of sp³-hybridized carbons (Fsp3) is 0.304. The molecule has 33 heavy (non-hydrogen) atoms. The monoisotopic (exact) mass is 461 g/mol. The molecule has 0 fully saturated rings. The normalized spacial score (nSPS) is 21.9. The zero-order valence-corrected chi connectivity index (χ0v) is 17.5. The van der Waals surface area contributed by atoms with Gasteiger partial charge in [-0.3, -0.25) is 4.79 Å². The lowest BCUT2D eigenvalue weighted by Gasteiger charge is -2.49. The van der Waals surface area contributed by atoms with E-state index in [0.29, 0.717) is 10.9 Å². The molecule has 0 saturated heterocycles. The molecule has 0 aliphatic heterocycles. The number of nitrogens with zero attached hydrogens (tertiary/aromatic N) is 1. The highest BCUT2D eigenvalue weighted by Crippen LogP contribution is 2.57. The number of rotatable bonds is 2. The molecule has 4 rings (SSSR count). The van der Waals surface area contributed by atoms with E-state index in [1.165, 1.54) is 44.2 Å². The predicted molar refractivity (Wildman–Crippen MR) is 112 cm³/mol. The van der Waals surface area contributed by atoms with E-state index in [1.54, 1.807) is 6.07 Å². The number of aromatic nitrogens is 1. The molecule has 0 amide bonds.